The van der Waals surface area contributed by atoms with Crippen LogP contribution in [0, 0.1) is 0 Å². The first kappa shape index (κ1) is 17.2. The van der Waals surface area contributed by atoms with Gasteiger partial charge in [-0.2, -0.15) is 0 Å². The molecule has 0 radical (unpaired) electrons. The lowest BCUT2D eigenvalue weighted by molar-refractivity contribution is -0.0431. The molecule has 3 rings (SSSR count). The van der Waals surface area contributed by atoms with Crippen molar-refractivity contribution in [3.05, 3.63) is 18.2 Å². The highest BCUT2D eigenvalue weighted by Gasteiger charge is 2.32. The van der Waals surface area contributed by atoms with Crippen LogP contribution in [0.15, 0.2) is 18.2 Å². The molecule has 1 aromatic rings. The van der Waals surface area contributed by atoms with Gasteiger partial charge >= 0.3 is 12.1 Å². The highest BCUT2D eigenvalue weighted by molar-refractivity contribution is 5.90. The van der Waals surface area contributed by atoms with Gasteiger partial charge in [0, 0.05) is 44.7 Å². The van der Waals surface area contributed by atoms with E-state index in [1.165, 1.54) is 7.11 Å². The molecule has 2 heterocycles. The van der Waals surface area contributed by atoms with Crippen LogP contribution in [0.4, 0.5) is 15.3 Å². The molecule has 1 atom stereocenters. The van der Waals surface area contributed by atoms with Crippen LogP contribution in [0.3, 0.4) is 0 Å². The van der Waals surface area contributed by atoms with E-state index >= 15 is 0 Å². The van der Waals surface area contributed by atoms with E-state index in [0.717, 1.165) is 12.8 Å². The van der Waals surface area contributed by atoms with Crippen molar-refractivity contribution in [3.63, 3.8) is 0 Å². The number of carbonyl (C=O) groups is 2. The second kappa shape index (κ2) is 6.70. The molecule has 0 saturated carbocycles. The molecule has 1 aromatic carbocycles. The van der Waals surface area contributed by atoms with Gasteiger partial charge < -0.3 is 29.7 Å². The van der Waals surface area contributed by atoms with E-state index in [9.17, 15) is 9.59 Å². The lowest BCUT2D eigenvalue weighted by atomic mass is 10.1. The Morgan fingerprint density at radius 2 is 2.04 bits per heavy atom. The minimum atomic E-state index is -0.706. The average Bonchev–Trinajstić information content (AvgIpc) is 2.87. The zero-order valence-corrected chi connectivity index (χ0v) is 14.6. The Kier molecular flexibility index (Phi) is 4.61. The van der Waals surface area contributed by atoms with Crippen molar-refractivity contribution in [2.75, 3.05) is 25.5 Å². The zero-order chi connectivity index (χ0) is 18.0. The summed E-state index contributed by atoms with van der Waals surface area (Å²) >= 11 is 0. The van der Waals surface area contributed by atoms with E-state index in [0.29, 0.717) is 30.3 Å². The van der Waals surface area contributed by atoms with E-state index < -0.39 is 5.79 Å². The molecule has 0 aromatic heterocycles. The second-order valence-corrected chi connectivity index (χ2v) is 6.62. The Bertz CT molecular complexity index is 676. The van der Waals surface area contributed by atoms with E-state index in [1.807, 2.05) is 13.8 Å². The normalized spacial score (nSPS) is 20.8. The number of likely N-dealkylation sites (tertiary alicyclic amines) is 1. The fraction of sp³-hybridized carbons (Fsp3) is 0.529. The van der Waals surface area contributed by atoms with Gasteiger partial charge in [-0.3, -0.25) is 0 Å². The number of benzene rings is 1. The lowest BCUT2D eigenvalue weighted by Gasteiger charge is -2.32. The Balaban J connectivity index is 1.56. The van der Waals surface area contributed by atoms with E-state index in [1.54, 1.807) is 23.1 Å². The monoisotopic (exact) mass is 349 g/mol. The number of rotatable bonds is 2. The average molecular weight is 349 g/mol. The van der Waals surface area contributed by atoms with Crippen molar-refractivity contribution in [2.45, 2.75) is 38.5 Å². The van der Waals surface area contributed by atoms with E-state index in [4.69, 9.17) is 14.2 Å². The molecule has 1 fully saturated rings. The topological polar surface area (TPSA) is 89.1 Å². The number of anilines is 1. The summed E-state index contributed by atoms with van der Waals surface area (Å²) in [4.78, 5) is 25.4. The van der Waals surface area contributed by atoms with Crippen LogP contribution in [0.2, 0.25) is 0 Å². The first-order valence-electron chi connectivity index (χ1n) is 8.29. The molecule has 8 nitrogen and oxygen atoms in total. The number of nitrogens with one attached hydrogen (secondary N) is 2. The van der Waals surface area contributed by atoms with E-state index in [2.05, 4.69) is 10.6 Å². The van der Waals surface area contributed by atoms with Crippen molar-refractivity contribution in [2.24, 2.45) is 0 Å². The SMILES string of the molecule is COC(=O)N1CCC[C@@H](NC(=O)Nc2ccc3c(c2)OC(C)(C)O3)C1. The molecule has 0 aliphatic carbocycles. The summed E-state index contributed by atoms with van der Waals surface area (Å²) in [7, 11) is 1.35. The van der Waals surface area contributed by atoms with Gasteiger partial charge in [0.05, 0.1) is 7.11 Å². The number of hydrogen-bond acceptors (Lipinski definition) is 5. The molecule has 8 heteroatoms. The van der Waals surface area contributed by atoms with Crippen LogP contribution in [-0.4, -0.2) is 49.1 Å². The van der Waals surface area contributed by atoms with Gasteiger partial charge in [0.1, 0.15) is 0 Å². The van der Waals surface area contributed by atoms with Crippen molar-refractivity contribution >= 4 is 17.8 Å². The van der Waals surface area contributed by atoms with Crippen LogP contribution in [0.1, 0.15) is 26.7 Å². The quantitative estimate of drug-likeness (QED) is 0.856. The number of nitrogens with zero attached hydrogens (tertiary/aromatic N) is 1. The highest BCUT2D eigenvalue weighted by Crippen LogP contribution is 2.40. The summed E-state index contributed by atoms with van der Waals surface area (Å²) in [5.41, 5.74) is 0.609. The smallest absolute Gasteiger partial charge is 0.409 e. The first-order chi connectivity index (χ1) is 11.9. The number of urea groups is 1. The fourth-order valence-electron chi connectivity index (χ4n) is 3.04. The number of fused-ring (bicyclic) bond motifs is 1. The van der Waals surface area contributed by atoms with E-state index in [-0.39, 0.29) is 18.2 Å². The maximum absolute atomic E-state index is 12.2. The third-order valence-electron chi connectivity index (χ3n) is 4.10. The standard InChI is InChI=1S/C17H23N3O5/c1-17(2)24-13-7-6-11(9-14(13)25-17)18-15(21)19-12-5-4-8-20(10-12)16(22)23-3/h6-7,9,12H,4-5,8,10H2,1-3H3,(H2,18,19,21)/t12-/m1/s1. The molecule has 0 unspecified atom stereocenters. The summed E-state index contributed by atoms with van der Waals surface area (Å²) in [6.07, 6.45) is 1.26. The van der Waals surface area contributed by atoms with Gasteiger partial charge in [0.15, 0.2) is 11.5 Å². The third kappa shape index (κ3) is 4.07. The first-order valence-corrected chi connectivity index (χ1v) is 8.29. The maximum atomic E-state index is 12.2. The summed E-state index contributed by atoms with van der Waals surface area (Å²) < 4.78 is 16.0. The van der Waals surface area contributed by atoms with Crippen LogP contribution in [-0.2, 0) is 4.74 Å². The minimum absolute atomic E-state index is 0.110. The Morgan fingerprint density at radius 3 is 2.80 bits per heavy atom. The highest BCUT2D eigenvalue weighted by atomic mass is 16.7. The molecule has 0 bridgehead atoms. The van der Waals surface area contributed by atoms with Crippen molar-refractivity contribution in [1.29, 1.82) is 0 Å². The summed E-state index contributed by atoms with van der Waals surface area (Å²) in [5.74, 6) is 0.539. The van der Waals surface area contributed by atoms with Gasteiger partial charge in [-0.15, -0.1) is 0 Å². The molecule has 136 valence electrons. The fourth-order valence-corrected chi connectivity index (χ4v) is 3.04. The molecular formula is C17H23N3O5. The minimum Gasteiger partial charge on any atom is -0.453 e. The molecule has 25 heavy (non-hydrogen) atoms. The summed E-state index contributed by atoms with van der Waals surface area (Å²) in [6.45, 7) is 4.73. The zero-order valence-electron chi connectivity index (χ0n) is 14.6. The molecule has 0 spiro atoms. The lowest BCUT2D eigenvalue weighted by Crippen LogP contribution is -2.50. The Morgan fingerprint density at radius 1 is 1.28 bits per heavy atom. The predicted octanol–water partition coefficient (Wildman–Crippen LogP) is 2.55. The molecule has 1 saturated heterocycles. The number of piperidine rings is 1. The van der Waals surface area contributed by atoms with Crippen LogP contribution in [0.25, 0.3) is 0 Å². The molecule has 2 aliphatic heterocycles. The molecule has 3 amide bonds. The van der Waals surface area contributed by atoms with Crippen molar-refractivity contribution in [1.82, 2.24) is 10.2 Å². The Hall–Kier alpha value is -2.64. The van der Waals surface area contributed by atoms with Crippen molar-refractivity contribution in [3.8, 4) is 11.5 Å². The summed E-state index contributed by atoms with van der Waals surface area (Å²) in [6, 6.07) is 4.81. The number of hydrogen-bond donors (Lipinski definition) is 2. The Labute approximate surface area is 146 Å². The number of amides is 3. The molecular weight excluding hydrogens is 326 g/mol. The maximum Gasteiger partial charge on any atom is 0.409 e. The van der Waals surface area contributed by atoms with Gasteiger partial charge in [0.25, 0.3) is 0 Å². The summed E-state index contributed by atoms with van der Waals surface area (Å²) in [5, 5.41) is 5.67. The largest absolute Gasteiger partial charge is 0.453 e. The van der Waals surface area contributed by atoms with Gasteiger partial charge in [-0.25, -0.2) is 9.59 Å². The van der Waals surface area contributed by atoms with Crippen LogP contribution in [0.5, 0.6) is 11.5 Å². The van der Waals surface area contributed by atoms with Gasteiger partial charge in [0.2, 0.25) is 5.79 Å². The third-order valence-corrected chi connectivity index (χ3v) is 4.10. The second-order valence-electron chi connectivity index (χ2n) is 6.62. The molecule has 2 N–H and O–H groups in total. The number of ether oxygens (including phenoxy) is 3. The van der Waals surface area contributed by atoms with Crippen LogP contribution < -0.4 is 20.1 Å². The predicted molar refractivity (Wildman–Crippen MR) is 90.9 cm³/mol. The van der Waals surface area contributed by atoms with Crippen LogP contribution >= 0.6 is 0 Å². The number of methoxy groups -OCH3 is 1. The number of carbonyl (C=O) groups excluding carboxylic acids is 2. The molecule has 2 aliphatic rings. The van der Waals surface area contributed by atoms with Gasteiger partial charge in [-0.05, 0) is 25.0 Å². The van der Waals surface area contributed by atoms with Gasteiger partial charge in [-0.1, -0.05) is 0 Å². The van der Waals surface area contributed by atoms with Crippen molar-refractivity contribution < 1.29 is 23.8 Å².